The molecule has 0 aliphatic carbocycles. The van der Waals surface area contributed by atoms with Crippen molar-refractivity contribution in [2.75, 3.05) is 0 Å². The lowest BCUT2D eigenvalue weighted by atomic mass is 10.3. The van der Waals surface area contributed by atoms with Crippen LogP contribution in [0.25, 0.3) is 0 Å². The Morgan fingerprint density at radius 3 is 1.60 bits per heavy atom. The van der Waals surface area contributed by atoms with Crippen LogP contribution >= 0.6 is 0 Å². The van der Waals surface area contributed by atoms with Gasteiger partial charge >= 0.3 is 6.16 Å². The van der Waals surface area contributed by atoms with Crippen molar-refractivity contribution < 1.29 is 23.7 Å². The highest BCUT2D eigenvalue weighted by atomic mass is 16.8. The summed E-state index contributed by atoms with van der Waals surface area (Å²) in [4.78, 5) is 11.7. The summed E-state index contributed by atoms with van der Waals surface area (Å²) >= 11 is 0. The van der Waals surface area contributed by atoms with Crippen molar-refractivity contribution in [3.8, 4) is 0 Å². The molecule has 0 aromatic carbocycles. The SMILES string of the molecule is CC=COC(CCC)OC(=O)OC(CCC)OC=CC. The van der Waals surface area contributed by atoms with Gasteiger partial charge in [-0.05, 0) is 26.7 Å². The maximum absolute atomic E-state index is 11.7. The van der Waals surface area contributed by atoms with Gasteiger partial charge in [0.15, 0.2) is 0 Å². The van der Waals surface area contributed by atoms with Crippen molar-refractivity contribution in [2.45, 2.75) is 66.0 Å². The maximum atomic E-state index is 11.7. The second-order valence-corrected chi connectivity index (χ2v) is 4.13. The van der Waals surface area contributed by atoms with E-state index in [1.54, 1.807) is 12.2 Å². The Hall–Kier alpha value is -1.65. The molecule has 5 nitrogen and oxygen atoms in total. The molecule has 0 N–H and O–H groups in total. The monoisotopic (exact) mass is 286 g/mol. The molecular weight excluding hydrogens is 260 g/mol. The number of ether oxygens (including phenoxy) is 4. The Morgan fingerprint density at radius 2 is 1.30 bits per heavy atom. The molecular formula is C15H26O5. The average molecular weight is 286 g/mol. The molecule has 0 heterocycles. The minimum atomic E-state index is -0.782. The Bertz CT molecular complexity index is 271. The zero-order valence-electron chi connectivity index (χ0n) is 12.8. The van der Waals surface area contributed by atoms with Gasteiger partial charge in [0.2, 0.25) is 12.6 Å². The molecule has 5 heteroatoms. The van der Waals surface area contributed by atoms with Crippen molar-refractivity contribution in [1.82, 2.24) is 0 Å². The first-order valence-corrected chi connectivity index (χ1v) is 7.08. The predicted octanol–water partition coefficient (Wildman–Crippen LogP) is 4.49. The first-order chi connectivity index (χ1) is 9.67. The van der Waals surface area contributed by atoms with E-state index in [9.17, 15) is 4.79 Å². The summed E-state index contributed by atoms with van der Waals surface area (Å²) in [6, 6.07) is 0. The molecule has 0 spiro atoms. The summed E-state index contributed by atoms with van der Waals surface area (Å²) < 4.78 is 20.8. The number of rotatable bonds is 10. The van der Waals surface area contributed by atoms with Crippen LogP contribution in [0.5, 0.6) is 0 Å². The van der Waals surface area contributed by atoms with Crippen molar-refractivity contribution in [2.24, 2.45) is 0 Å². The summed E-state index contributed by atoms with van der Waals surface area (Å²) in [6.07, 6.45) is 7.28. The molecule has 0 fully saturated rings. The Balaban J connectivity index is 4.30. The Morgan fingerprint density at radius 1 is 0.900 bits per heavy atom. The quantitative estimate of drug-likeness (QED) is 0.336. The molecule has 0 rings (SSSR count). The standard InChI is InChI=1S/C15H26O5/c1-5-9-13(17-11-7-3)19-15(16)20-14(10-6-2)18-12-8-4/h7-8,11-14H,5-6,9-10H2,1-4H3. The second kappa shape index (κ2) is 12.4. The van der Waals surface area contributed by atoms with Crippen LogP contribution in [-0.4, -0.2) is 18.7 Å². The third kappa shape index (κ3) is 9.30. The molecule has 0 aromatic rings. The zero-order valence-corrected chi connectivity index (χ0v) is 12.8. The van der Waals surface area contributed by atoms with E-state index in [1.807, 2.05) is 27.7 Å². The van der Waals surface area contributed by atoms with Crippen LogP contribution in [-0.2, 0) is 18.9 Å². The minimum absolute atomic E-state index is 0.605. The van der Waals surface area contributed by atoms with E-state index in [-0.39, 0.29) is 0 Å². The maximum Gasteiger partial charge on any atom is 0.514 e. The third-order valence-electron chi connectivity index (χ3n) is 2.24. The number of hydrogen-bond acceptors (Lipinski definition) is 5. The van der Waals surface area contributed by atoms with Crippen molar-refractivity contribution in [1.29, 1.82) is 0 Å². The van der Waals surface area contributed by atoms with Crippen molar-refractivity contribution >= 4 is 6.16 Å². The Kier molecular flexibility index (Phi) is 11.4. The number of allylic oxidation sites excluding steroid dienone is 2. The smallest absolute Gasteiger partial charge is 0.463 e. The van der Waals surface area contributed by atoms with Crippen LogP contribution in [0, 0.1) is 0 Å². The van der Waals surface area contributed by atoms with Crippen molar-refractivity contribution in [3.63, 3.8) is 0 Å². The summed E-state index contributed by atoms with van der Waals surface area (Å²) in [5, 5.41) is 0. The molecule has 0 radical (unpaired) electrons. The minimum Gasteiger partial charge on any atom is -0.463 e. The van der Waals surface area contributed by atoms with Gasteiger partial charge in [-0.3, -0.25) is 0 Å². The fourth-order valence-corrected chi connectivity index (χ4v) is 1.36. The molecule has 20 heavy (non-hydrogen) atoms. The normalized spacial score (nSPS) is 14.2. The highest BCUT2D eigenvalue weighted by Gasteiger charge is 2.19. The second-order valence-electron chi connectivity index (χ2n) is 4.13. The average Bonchev–Trinajstić information content (AvgIpc) is 2.42. The highest BCUT2D eigenvalue weighted by Crippen LogP contribution is 2.10. The van der Waals surface area contributed by atoms with Gasteiger partial charge in [-0.25, -0.2) is 4.79 Å². The van der Waals surface area contributed by atoms with E-state index in [2.05, 4.69) is 0 Å². The van der Waals surface area contributed by atoms with Gasteiger partial charge in [0.1, 0.15) is 0 Å². The van der Waals surface area contributed by atoms with Gasteiger partial charge in [-0.15, -0.1) is 0 Å². The first kappa shape index (κ1) is 18.4. The fraction of sp³-hybridized carbons (Fsp3) is 0.667. The molecule has 2 atom stereocenters. The molecule has 0 aliphatic heterocycles. The highest BCUT2D eigenvalue weighted by molar-refractivity contribution is 5.60. The molecule has 2 unspecified atom stereocenters. The van der Waals surface area contributed by atoms with Gasteiger partial charge in [0.05, 0.1) is 12.5 Å². The lowest BCUT2D eigenvalue weighted by molar-refractivity contribution is -0.135. The van der Waals surface area contributed by atoms with Crippen LogP contribution in [0.15, 0.2) is 24.7 Å². The first-order valence-electron chi connectivity index (χ1n) is 7.08. The van der Waals surface area contributed by atoms with E-state index in [0.29, 0.717) is 12.8 Å². The van der Waals surface area contributed by atoms with E-state index >= 15 is 0 Å². The van der Waals surface area contributed by atoms with Crippen LogP contribution in [0.1, 0.15) is 53.4 Å². The van der Waals surface area contributed by atoms with Crippen LogP contribution in [0.3, 0.4) is 0 Å². The van der Waals surface area contributed by atoms with Gasteiger partial charge in [-0.1, -0.05) is 26.0 Å². The lowest BCUT2D eigenvalue weighted by Crippen LogP contribution is -2.25. The van der Waals surface area contributed by atoms with Crippen LogP contribution in [0.2, 0.25) is 0 Å². The van der Waals surface area contributed by atoms with Gasteiger partial charge in [-0.2, -0.15) is 0 Å². The summed E-state index contributed by atoms with van der Waals surface area (Å²) in [6.45, 7) is 7.61. The van der Waals surface area contributed by atoms with Crippen LogP contribution < -0.4 is 0 Å². The van der Waals surface area contributed by atoms with Gasteiger partial charge in [0, 0.05) is 12.8 Å². The molecule has 0 bridgehead atoms. The van der Waals surface area contributed by atoms with Gasteiger partial charge < -0.3 is 18.9 Å². The van der Waals surface area contributed by atoms with Gasteiger partial charge in [0.25, 0.3) is 0 Å². The number of hydrogen-bond donors (Lipinski definition) is 0. The van der Waals surface area contributed by atoms with Crippen molar-refractivity contribution in [3.05, 3.63) is 24.7 Å². The fourth-order valence-electron chi connectivity index (χ4n) is 1.36. The topological polar surface area (TPSA) is 54.0 Å². The molecule has 0 saturated heterocycles. The molecule has 116 valence electrons. The van der Waals surface area contributed by atoms with E-state index in [4.69, 9.17) is 18.9 Å². The summed E-state index contributed by atoms with van der Waals surface area (Å²) in [5.74, 6) is 0. The van der Waals surface area contributed by atoms with E-state index in [0.717, 1.165) is 12.8 Å². The summed E-state index contributed by atoms with van der Waals surface area (Å²) in [5.41, 5.74) is 0. The molecule has 0 aliphatic rings. The van der Waals surface area contributed by atoms with E-state index < -0.39 is 18.7 Å². The Labute approximate surface area is 121 Å². The van der Waals surface area contributed by atoms with Crippen LogP contribution in [0.4, 0.5) is 4.79 Å². The third-order valence-corrected chi connectivity index (χ3v) is 2.24. The largest absolute Gasteiger partial charge is 0.514 e. The molecule has 0 amide bonds. The molecule has 0 saturated carbocycles. The number of carbonyl (C=O) groups excluding carboxylic acids is 1. The zero-order chi connectivity index (χ0) is 15.2. The number of carbonyl (C=O) groups is 1. The molecule has 0 aromatic heterocycles. The summed E-state index contributed by atoms with van der Waals surface area (Å²) in [7, 11) is 0. The predicted molar refractivity (Wildman–Crippen MR) is 76.8 cm³/mol. The lowest BCUT2D eigenvalue weighted by Gasteiger charge is -2.19. The van der Waals surface area contributed by atoms with E-state index in [1.165, 1.54) is 12.5 Å².